The second-order valence-corrected chi connectivity index (χ2v) is 5.51. The van der Waals surface area contributed by atoms with E-state index in [1.54, 1.807) is 0 Å². The van der Waals surface area contributed by atoms with E-state index in [0.29, 0.717) is 19.0 Å². The summed E-state index contributed by atoms with van der Waals surface area (Å²) >= 11 is 3.49. The zero-order valence-electron chi connectivity index (χ0n) is 11.0. The largest absolute Gasteiger partial charge is 0.493 e. The van der Waals surface area contributed by atoms with E-state index in [4.69, 9.17) is 9.84 Å². The average Bonchev–Trinajstić information content (AvgIpc) is 2.93. The summed E-state index contributed by atoms with van der Waals surface area (Å²) in [4.78, 5) is 18.6. The molecule has 3 rings (SSSR count). The van der Waals surface area contributed by atoms with Crippen LogP contribution in [0.2, 0.25) is 0 Å². The van der Waals surface area contributed by atoms with Crippen molar-refractivity contribution in [3.63, 3.8) is 0 Å². The van der Waals surface area contributed by atoms with Crippen LogP contribution in [0.3, 0.4) is 0 Å². The van der Waals surface area contributed by atoms with Gasteiger partial charge in [-0.05, 0) is 17.7 Å². The molecule has 2 N–H and O–H groups in total. The second-order valence-electron chi connectivity index (χ2n) is 4.60. The SMILES string of the molecule is O=C(O)c1cnc(NCc2cc(Br)cc3c2OCC3)cn1. The summed E-state index contributed by atoms with van der Waals surface area (Å²) in [6.45, 7) is 1.23. The van der Waals surface area contributed by atoms with Crippen LogP contribution in [0, 0.1) is 0 Å². The first-order valence-corrected chi connectivity index (χ1v) is 7.16. The summed E-state index contributed by atoms with van der Waals surface area (Å²) < 4.78 is 6.66. The fraction of sp³-hybridized carbons (Fsp3) is 0.214. The molecule has 0 bridgehead atoms. The Balaban J connectivity index is 1.75. The van der Waals surface area contributed by atoms with Crippen molar-refractivity contribution >= 4 is 27.7 Å². The standard InChI is InChI=1S/C14H12BrN3O3/c15-10-3-8-1-2-21-13(8)9(4-10)5-17-12-7-16-11(6-18-12)14(19)20/h3-4,6-7H,1-2,5H2,(H,17,18)(H,19,20). The number of halogens is 1. The molecule has 2 heterocycles. The molecule has 0 spiro atoms. The number of carboxylic acid groups (broad SMARTS) is 1. The van der Waals surface area contributed by atoms with Gasteiger partial charge in [0.05, 0.1) is 19.0 Å². The molecule has 2 aromatic rings. The van der Waals surface area contributed by atoms with Gasteiger partial charge < -0.3 is 15.2 Å². The van der Waals surface area contributed by atoms with E-state index in [1.165, 1.54) is 18.0 Å². The number of nitrogens with zero attached hydrogens (tertiary/aromatic N) is 2. The lowest BCUT2D eigenvalue weighted by atomic mass is 10.1. The van der Waals surface area contributed by atoms with Crippen molar-refractivity contribution in [2.24, 2.45) is 0 Å². The first-order valence-electron chi connectivity index (χ1n) is 6.37. The first-order chi connectivity index (χ1) is 10.1. The smallest absolute Gasteiger partial charge is 0.356 e. The summed E-state index contributed by atoms with van der Waals surface area (Å²) in [6, 6.07) is 4.06. The molecule has 108 valence electrons. The quantitative estimate of drug-likeness (QED) is 0.881. The Hall–Kier alpha value is -2.15. The van der Waals surface area contributed by atoms with E-state index >= 15 is 0 Å². The summed E-state index contributed by atoms with van der Waals surface area (Å²) in [7, 11) is 0. The van der Waals surface area contributed by atoms with Gasteiger partial charge in [-0.15, -0.1) is 0 Å². The molecule has 1 aromatic heterocycles. The van der Waals surface area contributed by atoms with E-state index in [9.17, 15) is 4.79 Å². The molecule has 7 heteroatoms. The van der Waals surface area contributed by atoms with Gasteiger partial charge in [0.15, 0.2) is 5.69 Å². The monoisotopic (exact) mass is 349 g/mol. The number of fused-ring (bicyclic) bond motifs is 1. The van der Waals surface area contributed by atoms with Crippen molar-refractivity contribution in [3.8, 4) is 5.75 Å². The van der Waals surface area contributed by atoms with Crippen LogP contribution in [0.15, 0.2) is 29.0 Å². The third-order valence-corrected chi connectivity index (χ3v) is 3.61. The number of anilines is 1. The predicted octanol–water partition coefficient (Wildman–Crippen LogP) is 2.48. The maximum Gasteiger partial charge on any atom is 0.356 e. The molecule has 0 saturated carbocycles. The molecule has 0 amide bonds. The number of hydrogen-bond acceptors (Lipinski definition) is 5. The Morgan fingerprint density at radius 3 is 2.95 bits per heavy atom. The van der Waals surface area contributed by atoms with Gasteiger partial charge in [0.1, 0.15) is 11.6 Å². The molecule has 0 radical (unpaired) electrons. The lowest BCUT2D eigenvalue weighted by Crippen LogP contribution is -2.06. The zero-order valence-corrected chi connectivity index (χ0v) is 12.6. The fourth-order valence-electron chi connectivity index (χ4n) is 2.19. The maximum atomic E-state index is 10.7. The van der Waals surface area contributed by atoms with Gasteiger partial charge in [-0.2, -0.15) is 0 Å². The lowest BCUT2D eigenvalue weighted by molar-refractivity contribution is 0.0690. The molecule has 1 aliphatic heterocycles. The summed E-state index contributed by atoms with van der Waals surface area (Å²) in [5.74, 6) is 0.347. The Morgan fingerprint density at radius 2 is 2.24 bits per heavy atom. The topological polar surface area (TPSA) is 84.3 Å². The highest BCUT2D eigenvalue weighted by Gasteiger charge is 2.17. The molecule has 0 unspecified atom stereocenters. The second kappa shape index (κ2) is 5.69. The number of ether oxygens (including phenoxy) is 1. The number of nitrogens with one attached hydrogen (secondary N) is 1. The Kier molecular flexibility index (Phi) is 3.74. The van der Waals surface area contributed by atoms with E-state index < -0.39 is 5.97 Å². The van der Waals surface area contributed by atoms with Gasteiger partial charge in [-0.25, -0.2) is 14.8 Å². The number of carbonyl (C=O) groups is 1. The molecule has 1 aliphatic rings. The minimum Gasteiger partial charge on any atom is -0.493 e. The van der Waals surface area contributed by atoms with Crippen molar-refractivity contribution in [2.75, 3.05) is 11.9 Å². The van der Waals surface area contributed by atoms with E-state index in [0.717, 1.165) is 22.2 Å². The number of rotatable bonds is 4. The Morgan fingerprint density at radius 1 is 1.38 bits per heavy atom. The van der Waals surface area contributed by atoms with Crippen LogP contribution in [0.25, 0.3) is 0 Å². The minimum absolute atomic E-state index is 0.0766. The van der Waals surface area contributed by atoms with Crippen LogP contribution in [-0.4, -0.2) is 27.7 Å². The van der Waals surface area contributed by atoms with Crippen molar-refractivity contribution < 1.29 is 14.6 Å². The molecule has 0 atom stereocenters. The van der Waals surface area contributed by atoms with Crippen LogP contribution < -0.4 is 10.1 Å². The molecule has 6 nitrogen and oxygen atoms in total. The number of carboxylic acids is 1. The third-order valence-electron chi connectivity index (χ3n) is 3.16. The van der Waals surface area contributed by atoms with Crippen LogP contribution in [0.4, 0.5) is 5.82 Å². The number of benzene rings is 1. The number of hydrogen-bond donors (Lipinski definition) is 2. The highest BCUT2D eigenvalue weighted by Crippen LogP contribution is 2.33. The maximum absolute atomic E-state index is 10.7. The van der Waals surface area contributed by atoms with Crippen LogP contribution in [-0.2, 0) is 13.0 Å². The number of aromatic carboxylic acids is 1. The molecule has 0 saturated heterocycles. The van der Waals surface area contributed by atoms with Gasteiger partial charge in [-0.1, -0.05) is 15.9 Å². The molecule has 1 aromatic carbocycles. The molecular weight excluding hydrogens is 338 g/mol. The van der Waals surface area contributed by atoms with Gasteiger partial charge >= 0.3 is 5.97 Å². The lowest BCUT2D eigenvalue weighted by Gasteiger charge is -2.10. The predicted molar refractivity (Wildman–Crippen MR) is 79.7 cm³/mol. The molecule has 0 fully saturated rings. The van der Waals surface area contributed by atoms with Crippen molar-refractivity contribution in [1.29, 1.82) is 0 Å². The normalized spacial score (nSPS) is 12.6. The Labute approximate surface area is 129 Å². The minimum atomic E-state index is -1.09. The van der Waals surface area contributed by atoms with E-state index in [2.05, 4.69) is 37.3 Å². The van der Waals surface area contributed by atoms with E-state index in [1.807, 2.05) is 6.07 Å². The number of aromatic nitrogens is 2. The summed E-state index contributed by atoms with van der Waals surface area (Å²) in [5, 5.41) is 11.9. The Bertz CT molecular complexity index is 689. The summed E-state index contributed by atoms with van der Waals surface area (Å²) in [5.41, 5.74) is 2.14. The average molecular weight is 350 g/mol. The molecule has 21 heavy (non-hydrogen) atoms. The molecular formula is C14H12BrN3O3. The van der Waals surface area contributed by atoms with Crippen LogP contribution in [0.5, 0.6) is 5.75 Å². The highest BCUT2D eigenvalue weighted by atomic mass is 79.9. The zero-order chi connectivity index (χ0) is 14.8. The van der Waals surface area contributed by atoms with Gasteiger partial charge in [-0.3, -0.25) is 0 Å². The molecule has 0 aliphatic carbocycles. The van der Waals surface area contributed by atoms with Crippen LogP contribution in [0.1, 0.15) is 21.6 Å². The van der Waals surface area contributed by atoms with Crippen molar-refractivity contribution in [2.45, 2.75) is 13.0 Å². The van der Waals surface area contributed by atoms with Crippen molar-refractivity contribution in [1.82, 2.24) is 9.97 Å². The fourth-order valence-corrected chi connectivity index (χ4v) is 2.75. The summed E-state index contributed by atoms with van der Waals surface area (Å²) in [6.07, 6.45) is 3.55. The van der Waals surface area contributed by atoms with Gasteiger partial charge in [0.2, 0.25) is 0 Å². The van der Waals surface area contributed by atoms with E-state index in [-0.39, 0.29) is 5.69 Å². The first kappa shape index (κ1) is 13.8. The highest BCUT2D eigenvalue weighted by molar-refractivity contribution is 9.10. The van der Waals surface area contributed by atoms with Crippen molar-refractivity contribution in [3.05, 3.63) is 45.8 Å². The van der Waals surface area contributed by atoms with Crippen LogP contribution >= 0.6 is 15.9 Å². The third kappa shape index (κ3) is 2.97. The van der Waals surface area contributed by atoms with Gasteiger partial charge in [0, 0.05) is 23.0 Å². The van der Waals surface area contributed by atoms with Gasteiger partial charge in [0.25, 0.3) is 0 Å².